The molecule has 1 amide bonds. The fourth-order valence-corrected chi connectivity index (χ4v) is 5.65. The number of amides is 1. The molecule has 2 aromatic rings. The van der Waals surface area contributed by atoms with E-state index in [4.69, 9.17) is 16.3 Å². The van der Waals surface area contributed by atoms with Crippen molar-refractivity contribution < 1.29 is 23.8 Å². The van der Waals surface area contributed by atoms with Gasteiger partial charge in [-0.3, -0.25) is 4.79 Å². The number of carbonyl (C=O) groups excluding carboxylic acids is 1. The van der Waals surface area contributed by atoms with Gasteiger partial charge in [0.1, 0.15) is 17.0 Å². The molecule has 1 aromatic carbocycles. The van der Waals surface area contributed by atoms with Crippen molar-refractivity contribution in [3.63, 3.8) is 0 Å². The maximum absolute atomic E-state index is 15.4. The number of fused-ring (bicyclic) bond motifs is 2. The van der Waals surface area contributed by atoms with Crippen LogP contribution >= 0.6 is 11.6 Å². The predicted octanol–water partition coefficient (Wildman–Crippen LogP) is 4.32. The Morgan fingerprint density at radius 2 is 2.00 bits per heavy atom. The Bertz CT molecular complexity index is 1280. The van der Waals surface area contributed by atoms with E-state index in [2.05, 4.69) is 5.32 Å². The van der Waals surface area contributed by atoms with Crippen LogP contribution in [0.5, 0.6) is 0 Å². The fraction of sp³-hybridized carbons (Fsp3) is 0.542. The van der Waals surface area contributed by atoms with Crippen LogP contribution in [-0.4, -0.2) is 46.0 Å². The molecule has 182 valence electrons. The van der Waals surface area contributed by atoms with Crippen LogP contribution in [0.1, 0.15) is 62.9 Å². The minimum absolute atomic E-state index is 0.0203. The van der Waals surface area contributed by atoms with E-state index in [-0.39, 0.29) is 28.1 Å². The third kappa shape index (κ3) is 3.70. The molecule has 1 aromatic heterocycles. The zero-order chi connectivity index (χ0) is 24.6. The number of benzene rings is 1. The first kappa shape index (κ1) is 23.0. The van der Waals surface area contributed by atoms with Gasteiger partial charge in [0, 0.05) is 31.2 Å². The molecule has 10 heteroatoms. The lowest BCUT2D eigenvalue weighted by molar-refractivity contribution is 0.0335. The van der Waals surface area contributed by atoms with E-state index in [0.717, 1.165) is 31.7 Å². The van der Waals surface area contributed by atoms with Crippen molar-refractivity contribution in [1.82, 2.24) is 9.88 Å². The largest absolute Gasteiger partial charge is 0.477 e. The minimum Gasteiger partial charge on any atom is -0.477 e. The maximum atomic E-state index is 15.4. The molecule has 2 aliphatic carbocycles. The molecule has 34 heavy (non-hydrogen) atoms. The van der Waals surface area contributed by atoms with E-state index in [0.29, 0.717) is 18.6 Å². The monoisotopic (exact) mass is 491 g/mol. The lowest BCUT2D eigenvalue weighted by Gasteiger charge is -2.44. The topological polar surface area (TPSA) is 101 Å². The van der Waals surface area contributed by atoms with E-state index < -0.39 is 40.0 Å². The van der Waals surface area contributed by atoms with Gasteiger partial charge < -0.3 is 24.6 Å². The number of carbonyl (C=O) groups is 2. The quantitative estimate of drug-likeness (QED) is 0.660. The summed E-state index contributed by atoms with van der Waals surface area (Å²) in [6, 6.07) is 1.12. The Labute approximate surface area is 200 Å². The first-order chi connectivity index (χ1) is 15.9. The highest BCUT2D eigenvalue weighted by molar-refractivity contribution is 6.38. The molecular weight excluding hydrogens is 465 g/mol. The molecule has 0 bridgehead atoms. The highest BCUT2D eigenvalue weighted by Crippen LogP contribution is 2.49. The van der Waals surface area contributed by atoms with Gasteiger partial charge >= 0.3 is 12.1 Å². The number of halogens is 2. The van der Waals surface area contributed by atoms with E-state index in [9.17, 15) is 19.5 Å². The van der Waals surface area contributed by atoms with Crippen molar-refractivity contribution in [1.29, 1.82) is 0 Å². The van der Waals surface area contributed by atoms with E-state index in [1.807, 2.05) is 4.90 Å². The van der Waals surface area contributed by atoms with Crippen molar-refractivity contribution in [2.75, 3.05) is 18.0 Å². The van der Waals surface area contributed by atoms with Gasteiger partial charge in [0.2, 0.25) is 5.43 Å². The number of pyridine rings is 1. The Balaban J connectivity index is 1.55. The number of aromatic carboxylic acids is 1. The second kappa shape index (κ2) is 7.60. The Kier molecular flexibility index (Phi) is 5.13. The third-order valence-corrected chi connectivity index (χ3v) is 7.41. The lowest BCUT2D eigenvalue weighted by Crippen LogP contribution is -2.60. The molecule has 8 nitrogen and oxygen atoms in total. The third-order valence-electron chi connectivity index (χ3n) is 7.05. The van der Waals surface area contributed by atoms with Gasteiger partial charge in [-0.1, -0.05) is 11.6 Å². The number of hydrogen-bond donors (Lipinski definition) is 2. The van der Waals surface area contributed by atoms with Crippen LogP contribution < -0.4 is 15.6 Å². The number of carboxylic acids is 1. The second-order valence-corrected chi connectivity index (χ2v) is 11.0. The smallest absolute Gasteiger partial charge is 0.408 e. The van der Waals surface area contributed by atoms with Gasteiger partial charge in [-0.15, -0.1) is 0 Å². The molecule has 5 rings (SSSR count). The maximum Gasteiger partial charge on any atom is 0.408 e. The molecule has 2 heterocycles. The van der Waals surface area contributed by atoms with Crippen molar-refractivity contribution in [3.05, 3.63) is 38.9 Å². The Morgan fingerprint density at radius 1 is 1.29 bits per heavy atom. The Morgan fingerprint density at radius 3 is 2.56 bits per heavy atom. The number of rotatable bonds is 4. The minimum atomic E-state index is -1.35. The van der Waals surface area contributed by atoms with Crippen molar-refractivity contribution in [2.45, 2.75) is 63.6 Å². The molecule has 3 fully saturated rings. The summed E-state index contributed by atoms with van der Waals surface area (Å²) in [6.45, 7) is 6.24. The van der Waals surface area contributed by atoms with Crippen LogP contribution in [0.3, 0.4) is 0 Å². The van der Waals surface area contributed by atoms with E-state index in [1.54, 1.807) is 25.3 Å². The number of aromatic nitrogens is 1. The van der Waals surface area contributed by atoms with Gasteiger partial charge in [-0.2, -0.15) is 0 Å². The molecular formula is C24H27ClFN3O5. The summed E-state index contributed by atoms with van der Waals surface area (Å²) in [5.74, 6) is -1.92. The predicted molar refractivity (Wildman–Crippen MR) is 125 cm³/mol. The molecule has 2 saturated carbocycles. The molecule has 3 aliphatic rings. The zero-order valence-electron chi connectivity index (χ0n) is 19.3. The number of ether oxygens (including phenoxy) is 1. The van der Waals surface area contributed by atoms with E-state index in [1.165, 1.54) is 6.20 Å². The average Bonchev–Trinajstić information content (AvgIpc) is 3.51. The van der Waals surface area contributed by atoms with Crippen molar-refractivity contribution >= 4 is 40.3 Å². The normalized spacial score (nSPS) is 24.0. The Hall–Kier alpha value is -2.81. The van der Waals surface area contributed by atoms with Crippen LogP contribution in [0.4, 0.5) is 14.9 Å². The summed E-state index contributed by atoms with van der Waals surface area (Å²) in [4.78, 5) is 38.7. The summed E-state index contributed by atoms with van der Waals surface area (Å²) in [6.07, 6.45) is 4.09. The van der Waals surface area contributed by atoms with Crippen LogP contribution in [0.15, 0.2) is 17.1 Å². The number of hydrogen-bond acceptors (Lipinski definition) is 5. The summed E-state index contributed by atoms with van der Waals surface area (Å²) < 4.78 is 22.6. The van der Waals surface area contributed by atoms with Gasteiger partial charge in [-0.05, 0) is 52.5 Å². The molecule has 2 N–H and O–H groups in total. The SMILES string of the molecule is CC(C)(C)OC(=O)NC12CCC1CN(c1c(F)cc3c(=O)c(C(=O)O)cn(C4CC4)c3c1Cl)C2. The number of nitrogens with one attached hydrogen (secondary N) is 1. The number of nitrogens with zero attached hydrogens (tertiary/aromatic N) is 2. The summed E-state index contributed by atoms with van der Waals surface area (Å²) in [7, 11) is 0. The molecule has 2 atom stereocenters. The lowest BCUT2D eigenvalue weighted by atomic mass is 9.69. The van der Waals surface area contributed by atoms with Crippen LogP contribution in [0.25, 0.3) is 10.9 Å². The molecule has 2 unspecified atom stereocenters. The molecule has 1 aliphatic heterocycles. The van der Waals surface area contributed by atoms with Crippen LogP contribution in [-0.2, 0) is 4.74 Å². The number of anilines is 1. The molecule has 0 spiro atoms. The first-order valence-electron chi connectivity index (χ1n) is 11.5. The van der Waals surface area contributed by atoms with Crippen molar-refractivity contribution in [3.8, 4) is 0 Å². The first-order valence-corrected chi connectivity index (χ1v) is 11.8. The fourth-order valence-electron chi connectivity index (χ4n) is 5.24. The second-order valence-electron chi connectivity index (χ2n) is 10.6. The summed E-state index contributed by atoms with van der Waals surface area (Å²) in [5.41, 5.74) is -1.79. The number of carboxylic acid groups (broad SMARTS) is 1. The zero-order valence-corrected chi connectivity index (χ0v) is 20.0. The standard InChI is InChI=1S/C24H27ClFN3O5/c1-23(2,3)34-22(33)27-24-7-6-12(24)9-28(11-24)19-16(26)8-14-18(17(19)25)29(13-4-5-13)10-15(20(14)30)21(31)32/h8,10,12-13H,4-7,9,11H2,1-3H3,(H,27,33)(H,31,32). The summed E-state index contributed by atoms with van der Waals surface area (Å²) in [5, 5.41) is 12.5. The molecule has 0 radical (unpaired) electrons. The van der Waals surface area contributed by atoms with Gasteiger partial charge in [0.25, 0.3) is 0 Å². The number of alkyl carbamates (subject to hydrolysis) is 1. The van der Waals surface area contributed by atoms with Gasteiger partial charge in [0.15, 0.2) is 0 Å². The van der Waals surface area contributed by atoms with Crippen molar-refractivity contribution in [2.24, 2.45) is 5.92 Å². The van der Waals surface area contributed by atoms with Gasteiger partial charge in [0.05, 0.1) is 27.2 Å². The van der Waals surface area contributed by atoms with Gasteiger partial charge in [-0.25, -0.2) is 14.0 Å². The van der Waals surface area contributed by atoms with E-state index >= 15 is 4.39 Å². The van der Waals surface area contributed by atoms with Crippen LogP contribution in [0, 0.1) is 11.7 Å². The summed E-state index contributed by atoms with van der Waals surface area (Å²) >= 11 is 6.76. The highest BCUT2D eigenvalue weighted by Gasteiger charge is 2.55. The van der Waals surface area contributed by atoms with Crippen LogP contribution in [0.2, 0.25) is 5.02 Å². The molecule has 1 saturated heterocycles. The highest BCUT2D eigenvalue weighted by atomic mass is 35.5. The average molecular weight is 492 g/mol.